The number of hydrogen-bond donors (Lipinski definition) is 2. The molecule has 0 aromatic heterocycles. The summed E-state index contributed by atoms with van der Waals surface area (Å²) in [6.07, 6.45) is 0.824. The van der Waals surface area contributed by atoms with E-state index < -0.39 is 16.0 Å². The van der Waals surface area contributed by atoms with E-state index in [9.17, 15) is 13.2 Å². The number of esters is 1. The van der Waals surface area contributed by atoms with Gasteiger partial charge >= 0.3 is 5.97 Å². The van der Waals surface area contributed by atoms with E-state index in [1.165, 1.54) is 26.4 Å². The number of ether oxygens (including phenoxy) is 2. The molecule has 2 aromatic rings. The van der Waals surface area contributed by atoms with E-state index in [-0.39, 0.29) is 10.5 Å². The Morgan fingerprint density at radius 1 is 1.08 bits per heavy atom. The molecule has 0 spiro atoms. The van der Waals surface area contributed by atoms with Gasteiger partial charge in [0, 0.05) is 12.2 Å². The molecule has 0 radical (unpaired) electrons. The summed E-state index contributed by atoms with van der Waals surface area (Å²) in [5, 5.41) is 3.07. The minimum absolute atomic E-state index is 0.0235. The van der Waals surface area contributed by atoms with Gasteiger partial charge in [0.05, 0.1) is 25.5 Å². The van der Waals surface area contributed by atoms with Crippen LogP contribution in [-0.2, 0) is 14.8 Å². The first-order valence-corrected chi connectivity index (χ1v) is 9.52. The third-order valence-corrected chi connectivity index (χ3v) is 5.02. The Kier molecular flexibility index (Phi) is 6.46. The average Bonchev–Trinajstić information content (AvgIpc) is 2.65. The van der Waals surface area contributed by atoms with Gasteiger partial charge < -0.3 is 14.8 Å². The van der Waals surface area contributed by atoms with Gasteiger partial charge in [0.15, 0.2) is 0 Å². The molecular weight excluding hydrogens is 356 g/mol. The molecule has 0 heterocycles. The topological polar surface area (TPSA) is 93.7 Å². The predicted molar refractivity (Wildman–Crippen MR) is 100 cm³/mol. The van der Waals surface area contributed by atoms with Crippen LogP contribution < -0.4 is 14.8 Å². The van der Waals surface area contributed by atoms with E-state index in [1.54, 1.807) is 30.3 Å². The van der Waals surface area contributed by atoms with Crippen molar-refractivity contribution in [2.75, 3.05) is 30.8 Å². The minimum Gasteiger partial charge on any atom is -0.497 e. The summed E-state index contributed by atoms with van der Waals surface area (Å²) < 4.78 is 38.0. The Balaban J connectivity index is 2.41. The highest BCUT2D eigenvalue weighted by Crippen LogP contribution is 2.26. The third-order valence-electron chi connectivity index (χ3n) is 3.60. The number of methoxy groups -OCH3 is 2. The summed E-state index contributed by atoms with van der Waals surface area (Å²) >= 11 is 0. The summed E-state index contributed by atoms with van der Waals surface area (Å²) in [7, 11) is -1.14. The maximum absolute atomic E-state index is 12.9. The van der Waals surface area contributed by atoms with Crippen molar-refractivity contribution < 1.29 is 22.7 Å². The molecule has 0 aliphatic rings. The van der Waals surface area contributed by atoms with Gasteiger partial charge in [0.25, 0.3) is 10.0 Å². The molecule has 0 atom stereocenters. The van der Waals surface area contributed by atoms with Crippen molar-refractivity contribution in [1.82, 2.24) is 0 Å². The number of hydrogen-bond acceptors (Lipinski definition) is 6. The second-order valence-electron chi connectivity index (χ2n) is 5.46. The molecule has 140 valence electrons. The van der Waals surface area contributed by atoms with Crippen LogP contribution in [0.3, 0.4) is 0 Å². The molecular formula is C18H22N2O5S. The maximum atomic E-state index is 12.9. The molecule has 0 bridgehead atoms. The molecule has 2 rings (SSSR count). The number of rotatable bonds is 8. The Morgan fingerprint density at radius 3 is 2.35 bits per heavy atom. The molecule has 0 fully saturated rings. The highest BCUT2D eigenvalue weighted by atomic mass is 32.2. The lowest BCUT2D eigenvalue weighted by Gasteiger charge is -2.15. The molecule has 7 nitrogen and oxygen atoms in total. The van der Waals surface area contributed by atoms with Crippen LogP contribution >= 0.6 is 0 Å². The van der Waals surface area contributed by atoms with Crippen LogP contribution in [0.25, 0.3) is 0 Å². The van der Waals surface area contributed by atoms with Crippen molar-refractivity contribution in [1.29, 1.82) is 0 Å². The SMILES string of the molecule is CCCNc1ccc(C(=O)OC)cc1S(=O)(=O)Nc1ccc(OC)cc1. The van der Waals surface area contributed by atoms with Gasteiger partial charge in [-0.25, -0.2) is 13.2 Å². The molecule has 0 amide bonds. The normalized spacial score (nSPS) is 10.9. The van der Waals surface area contributed by atoms with Crippen LogP contribution in [0.15, 0.2) is 47.4 Å². The molecule has 8 heteroatoms. The van der Waals surface area contributed by atoms with Crippen LogP contribution in [0.4, 0.5) is 11.4 Å². The summed E-state index contributed by atoms with van der Waals surface area (Å²) in [4.78, 5) is 11.8. The fourth-order valence-corrected chi connectivity index (χ4v) is 3.53. The van der Waals surface area contributed by atoms with Crippen LogP contribution in [0.2, 0.25) is 0 Å². The van der Waals surface area contributed by atoms with Gasteiger partial charge in [-0.05, 0) is 48.9 Å². The summed E-state index contributed by atoms with van der Waals surface area (Å²) in [5.41, 5.74) is 0.959. The van der Waals surface area contributed by atoms with Crippen molar-refractivity contribution in [2.45, 2.75) is 18.2 Å². The number of sulfonamides is 1. The number of nitrogens with one attached hydrogen (secondary N) is 2. The molecule has 0 saturated heterocycles. The van der Waals surface area contributed by atoms with Crippen LogP contribution in [-0.4, -0.2) is 35.2 Å². The first-order chi connectivity index (χ1) is 12.4. The van der Waals surface area contributed by atoms with Gasteiger partial charge in [-0.15, -0.1) is 0 Å². The molecule has 26 heavy (non-hydrogen) atoms. The quantitative estimate of drug-likeness (QED) is 0.686. The van der Waals surface area contributed by atoms with E-state index >= 15 is 0 Å². The van der Waals surface area contributed by atoms with E-state index in [2.05, 4.69) is 14.8 Å². The monoisotopic (exact) mass is 378 g/mol. The third kappa shape index (κ3) is 4.66. The van der Waals surface area contributed by atoms with Gasteiger partial charge in [0.2, 0.25) is 0 Å². The number of anilines is 2. The highest BCUT2D eigenvalue weighted by Gasteiger charge is 2.21. The zero-order valence-corrected chi connectivity index (χ0v) is 15.7. The highest BCUT2D eigenvalue weighted by molar-refractivity contribution is 7.92. The molecule has 2 aromatic carbocycles. The second-order valence-corrected chi connectivity index (χ2v) is 7.11. The van der Waals surface area contributed by atoms with Gasteiger partial charge in [-0.3, -0.25) is 4.72 Å². The molecule has 0 aliphatic heterocycles. The zero-order valence-electron chi connectivity index (χ0n) is 14.9. The Hall–Kier alpha value is -2.74. The summed E-state index contributed by atoms with van der Waals surface area (Å²) in [6.45, 7) is 2.57. The molecule has 0 unspecified atom stereocenters. The van der Waals surface area contributed by atoms with Gasteiger partial charge in [0.1, 0.15) is 10.6 Å². The number of benzene rings is 2. The largest absolute Gasteiger partial charge is 0.497 e. The summed E-state index contributed by atoms with van der Waals surface area (Å²) in [6, 6.07) is 10.9. The van der Waals surface area contributed by atoms with Gasteiger partial charge in [-0.2, -0.15) is 0 Å². The lowest BCUT2D eigenvalue weighted by Crippen LogP contribution is -2.17. The maximum Gasteiger partial charge on any atom is 0.337 e. The number of carbonyl (C=O) groups is 1. The van der Waals surface area contributed by atoms with E-state index in [0.29, 0.717) is 23.7 Å². The minimum atomic E-state index is -3.92. The van der Waals surface area contributed by atoms with E-state index in [4.69, 9.17) is 4.74 Å². The van der Waals surface area contributed by atoms with E-state index in [0.717, 1.165) is 6.42 Å². The average molecular weight is 378 g/mol. The predicted octanol–water partition coefficient (Wildman–Crippen LogP) is 3.10. The Morgan fingerprint density at radius 2 is 1.77 bits per heavy atom. The van der Waals surface area contributed by atoms with Crippen LogP contribution in [0, 0.1) is 0 Å². The smallest absolute Gasteiger partial charge is 0.337 e. The lowest BCUT2D eigenvalue weighted by molar-refractivity contribution is 0.0600. The van der Waals surface area contributed by atoms with Crippen molar-refractivity contribution in [2.24, 2.45) is 0 Å². The molecule has 2 N–H and O–H groups in total. The van der Waals surface area contributed by atoms with Crippen molar-refractivity contribution in [3.05, 3.63) is 48.0 Å². The molecule has 0 aliphatic carbocycles. The first-order valence-electron chi connectivity index (χ1n) is 8.04. The summed E-state index contributed by atoms with van der Waals surface area (Å²) in [5.74, 6) is 0.0128. The standard InChI is InChI=1S/C18H22N2O5S/c1-4-11-19-16-10-5-13(18(21)25-3)12-17(16)26(22,23)20-14-6-8-15(24-2)9-7-14/h5-10,12,19-20H,4,11H2,1-3H3. The van der Waals surface area contributed by atoms with Crippen molar-refractivity contribution >= 4 is 27.4 Å². The molecule has 0 saturated carbocycles. The zero-order chi connectivity index (χ0) is 19.2. The van der Waals surface area contributed by atoms with Crippen LogP contribution in [0.1, 0.15) is 23.7 Å². The van der Waals surface area contributed by atoms with Gasteiger partial charge in [-0.1, -0.05) is 6.92 Å². The van der Waals surface area contributed by atoms with Crippen LogP contribution in [0.5, 0.6) is 5.75 Å². The number of carbonyl (C=O) groups excluding carboxylic acids is 1. The Labute approximate surface area is 153 Å². The fourth-order valence-electron chi connectivity index (χ4n) is 2.26. The van der Waals surface area contributed by atoms with E-state index in [1.807, 2.05) is 6.92 Å². The second kappa shape index (κ2) is 8.57. The van der Waals surface area contributed by atoms with Crippen molar-refractivity contribution in [3.63, 3.8) is 0 Å². The first kappa shape index (κ1) is 19.6. The Bertz CT molecular complexity index is 864. The van der Waals surface area contributed by atoms with Crippen molar-refractivity contribution in [3.8, 4) is 5.75 Å². The lowest BCUT2D eigenvalue weighted by atomic mass is 10.2. The fraction of sp³-hybridized carbons (Fsp3) is 0.278.